The van der Waals surface area contributed by atoms with Crippen LogP contribution in [0.1, 0.15) is 12.8 Å². The van der Waals surface area contributed by atoms with Gasteiger partial charge < -0.3 is 10.1 Å². The van der Waals surface area contributed by atoms with Crippen molar-refractivity contribution in [3.05, 3.63) is 0 Å². The average molecular weight is 155 g/mol. The topological polar surface area (TPSA) is 63.2 Å². The van der Waals surface area contributed by atoms with Crippen molar-refractivity contribution >= 4 is 18.0 Å². The van der Waals surface area contributed by atoms with Gasteiger partial charge in [0.1, 0.15) is 12.1 Å². The summed E-state index contributed by atoms with van der Waals surface area (Å²) in [5.41, 5.74) is 0. The van der Waals surface area contributed by atoms with Gasteiger partial charge in [-0.05, 0) is 0 Å². The van der Waals surface area contributed by atoms with Crippen molar-refractivity contribution in [2.45, 2.75) is 12.8 Å². The fourth-order valence-electron chi connectivity index (χ4n) is 1.02. The lowest BCUT2D eigenvalue weighted by molar-refractivity contribution is -0.130. The highest BCUT2D eigenvalue weighted by molar-refractivity contribution is 5.98. The van der Waals surface area contributed by atoms with Crippen LogP contribution in [0.15, 0.2) is 0 Å². The van der Waals surface area contributed by atoms with Crippen LogP contribution in [-0.4, -0.2) is 24.5 Å². The standard InChI is InChI=1S/C7H9NO3/c9-4-5-3-7(11)8-2-1-6(5)10/h4-5H,1-3H2,(H,8,11). The van der Waals surface area contributed by atoms with Crippen LogP contribution < -0.4 is 5.32 Å². The lowest BCUT2D eigenvalue weighted by Crippen LogP contribution is -2.22. The Labute approximate surface area is 64.0 Å². The van der Waals surface area contributed by atoms with Gasteiger partial charge in [0.2, 0.25) is 5.91 Å². The van der Waals surface area contributed by atoms with Gasteiger partial charge in [0, 0.05) is 19.4 Å². The summed E-state index contributed by atoms with van der Waals surface area (Å²) in [5, 5.41) is 2.52. The third-order valence-corrected chi connectivity index (χ3v) is 1.68. The number of Topliss-reactive ketones (excluding diaryl/α,β-unsaturated/α-hetero) is 1. The number of carbonyl (C=O) groups is 3. The molecule has 1 amide bonds. The Morgan fingerprint density at radius 3 is 2.82 bits per heavy atom. The minimum Gasteiger partial charge on any atom is -0.356 e. The second-order valence-corrected chi connectivity index (χ2v) is 2.51. The first kappa shape index (κ1) is 7.91. The van der Waals surface area contributed by atoms with Gasteiger partial charge in [-0.15, -0.1) is 0 Å². The molecule has 1 atom stereocenters. The Balaban J connectivity index is 2.66. The lowest BCUT2D eigenvalue weighted by atomic mass is 10.0. The van der Waals surface area contributed by atoms with Crippen LogP contribution in [0.2, 0.25) is 0 Å². The summed E-state index contributed by atoms with van der Waals surface area (Å²) in [7, 11) is 0. The Morgan fingerprint density at radius 2 is 2.18 bits per heavy atom. The Kier molecular flexibility index (Phi) is 2.36. The number of amides is 1. The van der Waals surface area contributed by atoms with Gasteiger partial charge in [-0.25, -0.2) is 0 Å². The molecular weight excluding hydrogens is 146 g/mol. The molecule has 0 spiro atoms. The van der Waals surface area contributed by atoms with Gasteiger partial charge in [-0.1, -0.05) is 0 Å². The van der Waals surface area contributed by atoms with Gasteiger partial charge in [0.15, 0.2) is 0 Å². The molecule has 0 saturated carbocycles. The molecule has 1 fully saturated rings. The number of aldehydes is 1. The van der Waals surface area contributed by atoms with Crippen molar-refractivity contribution in [1.29, 1.82) is 0 Å². The predicted octanol–water partition coefficient (Wildman–Crippen LogP) is -0.719. The number of carbonyl (C=O) groups excluding carboxylic acids is 3. The smallest absolute Gasteiger partial charge is 0.221 e. The van der Waals surface area contributed by atoms with Gasteiger partial charge in [0.05, 0.1) is 5.92 Å². The molecular formula is C7H9NO3. The van der Waals surface area contributed by atoms with Gasteiger partial charge in [-0.2, -0.15) is 0 Å². The first-order valence-electron chi connectivity index (χ1n) is 3.48. The summed E-state index contributed by atoms with van der Waals surface area (Å²) in [6.45, 7) is 0.363. The van der Waals surface area contributed by atoms with Crippen molar-refractivity contribution in [2.24, 2.45) is 5.92 Å². The van der Waals surface area contributed by atoms with Crippen molar-refractivity contribution < 1.29 is 14.4 Å². The van der Waals surface area contributed by atoms with Crippen LogP contribution in [0.5, 0.6) is 0 Å². The number of hydrogen-bond donors (Lipinski definition) is 1. The van der Waals surface area contributed by atoms with Crippen LogP contribution in [0.3, 0.4) is 0 Å². The van der Waals surface area contributed by atoms with E-state index in [4.69, 9.17) is 0 Å². The van der Waals surface area contributed by atoms with Crippen molar-refractivity contribution in [1.82, 2.24) is 5.32 Å². The molecule has 0 aliphatic carbocycles. The first-order chi connectivity index (χ1) is 5.24. The highest BCUT2D eigenvalue weighted by Crippen LogP contribution is 2.06. The number of ketones is 1. The summed E-state index contributed by atoms with van der Waals surface area (Å²) in [4.78, 5) is 32.0. The average Bonchev–Trinajstić information content (AvgIpc) is 2.13. The lowest BCUT2D eigenvalue weighted by Gasteiger charge is -1.99. The van der Waals surface area contributed by atoms with Gasteiger partial charge in [-0.3, -0.25) is 9.59 Å². The zero-order valence-electron chi connectivity index (χ0n) is 6.00. The molecule has 0 bridgehead atoms. The normalized spacial score (nSPS) is 25.6. The first-order valence-corrected chi connectivity index (χ1v) is 3.48. The van der Waals surface area contributed by atoms with Crippen molar-refractivity contribution in [3.8, 4) is 0 Å². The minimum atomic E-state index is -0.711. The van der Waals surface area contributed by atoms with E-state index < -0.39 is 5.92 Å². The Bertz CT molecular complexity index is 200. The molecule has 4 heteroatoms. The van der Waals surface area contributed by atoms with Crippen LogP contribution >= 0.6 is 0 Å². The molecule has 1 N–H and O–H groups in total. The van der Waals surface area contributed by atoms with Gasteiger partial charge >= 0.3 is 0 Å². The molecule has 1 unspecified atom stereocenters. The SMILES string of the molecule is O=CC1CC(=O)NCCC1=O. The van der Waals surface area contributed by atoms with Crippen LogP contribution in [0, 0.1) is 5.92 Å². The summed E-state index contributed by atoms with van der Waals surface area (Å²) in [6.07, 6.45) is 0.838. The summed E-state index contributed by atoms with van der Waals surface area (Å²) >= 11 is 0. The Hall–Kier alpha value is -1.19. The number of rotatable bonds is 1. The molecule has 1 rings (SSSR count). The fraction of sp³-hybridized carbons (Fsp3) is 0.571. The molecule has 1 aliphatic heterocycles. The van der Waals surface area contributed by atoms with Crippen LogP contribution in [0.4, 0.5) is 0 Å². The predicted molar refractivity (Wildman–Crippen MR) is 36.8 cm³/mol. The van der Waals surface area contributed by atoms with E-state index in [1.807, 2.05) is 0 Å². The van der Waals surface area contributed by atoms with E-state index >= 15 is 0 Å². The molecule has 4 nitrogen and oxygen atoms in total. The van der Waals surface area contributed by atoms with E-state index in [0.717, 1.165) is 0 Å². The summed E-state index contributed by atoms with van der Waals surface area (Å²) in [5.74, 6) is -1.07. The van der Waals surface area contributed by atoms with E-state index in [9.17, 15) is 14.4 Å². The fourth-order valence-corrected chi connectivity index (χ4v) is 1.02. The maximum atomic E-state index is 11.0. The molecule has 1 heterocycles. The van der Waals surface area contributed by atoms with E-state index in [1.54, 1.807) is 0 Å². The molecule has 0 aromatic heterocycles. The van der Waals surface area contributed by atoms with E-state index in [2.05, 4.69) is 5.32 Å². The zero-order chi connectivity index (χ0) is 8.27. The van der Waals surface area contributed by atoms with E-state index in [1.165, 1.54) is 0 Å². The quantitative estimate of drug-likeness (QED) is 0.401. The molecule has 0 aromatic carbocycles. The maximum absolute atomic E-state index is 11.0. The van der Waals surface area contributed by atoms with Crippen molar-refractivity contribution in [2.75, 3.05) is 6.54 Å². The largest absolute Gasteiger partial charge is 0.356 e. The number of nitrogens with one attached hydrogen (secondary N) is 1. The van der Waals surface area contributed by atoms with E-state index in [-0.39, 0.29) is 24.5 Å². The maximum Gasteiger partial charge on any atom is 0.221 e. The molecule has 0 aromatic rings. The third kappa shape index (κ3) is 1.86. The Morgan fingerprint density at radius 1 is 1.45 bits per heavy atom. The van der Waals surface area contributed by atoms with Gasteiger partial charge in [0.25, 0.3) is 0 Å². The molecule has 60 valence electrons. The van der Waals surface area contributed by atoms with Crippen LogP contribution in [0.25, 0.3) is 0 Å². The summed E-state index contributed by atoms with van der Waals surface area (Å²) < 4.78 is 0. The van der Waals surface area contributed by atoms with Crippen LogP contribution in [-0.2, 0) is 14.4 Å². The third-order valence-electron chi connectivity index (χ3n) is 1.68. The molecule has 1 aliphatic rings. The second-order valence-electron chi connectivity index (χ2n) is 2.51. The highest BCUT2D eigenvalue weighted by atomic mass is 16.2. The molecule has 11 heavy (non-hydrogen) atoms. The molecule has 0 radical (unpaired) electrons. The van der Waals surface area contributed by atoms with E-state index in [0.29, 0.717) is 12.8 Å². The highest BCUT2D eigenvalue weighted by Gasteiger charge is 2.23. The summed E-state index contributed by atoms with van der Waals surface area (Å²) in [6, 6.07) is 0. The van der Waals surface area contributed by atoms with Crippen molar-refractivity contribution in [3.63, 3.8) is 0 Å². The monoisotopic (exact) mass is 155 g/mol. The second kappa shape index (κ2) is 3.27. The minimum absolute atomic E-state index is 0.0162. The zero-order valence-corrected chi connectivity index (χ0v) is 6.00. The number of hydrogen-bond acceptors (Lipinski definition) is 3. The molecule has 1 saturated heterocycles.